The second-order valence-electron chi connectivity index (χ2n) is 6.84. The second kappa shape index (κ2) is 8.33. The van der Waals surface area contributed by atoms with Gasteiger partial charge in [-0.2, -0.15) is 4.31 Å². The Hall–Kier alpha value is -2.88. The van der Waals surface area contributed by atoms with Crippen molar-refractivity contribution in [3.63, 3.8) is 0 Å². The summed E-state index contributed by atoms with van der Waals surface area (Å²) in [6.07, 6.45) is 0. The normalized spacial score (nSPS) is 12.0. The standard InChI is InChI=1S/C22H20FN3O3S2/c1-3-26(4-2)31(28,29)15-10-11-18(23)17(13-15)21(27)25-22-24-20-16-8-6-5-7-14(16)9-12-19(20)30-22/h5-13H,3-4H2,1-2H3,(H,24,25,27). The molecule has 0 radical (unpaired) electrons. The smallest absolute Gasteiger partial charge is 0.260 e. The molecule has 1 heterocycles. The molecule has 3 aromatic carbocycles. The molecule has 0 aliphatic rings. The molecule has 160 valence electrons. The Morgan fingerprint density at radius 3 is 2.58 bits per heavy atom. The van der Waals surface area contributed by atoms with Crippen LogP contribution in [0.2, 0.25) is 0 Å². The van der Waals surface area contributed by atoms with E-state index in [9.17, 15) is 17.6 Å². The summed E-state index contributed by atoms with van der Waals surface area (Å²) < 4.78 is 42.0. The number of amides is 1. The maximum Gasteiger partial charge on any atom is 0.260 e. The minimum Gasteiger partial charge on any atom is -0.298 e. The third kappa shape index (κ3) is 3.91. The van der Waals surface area contributed by atoms with Crippen LogP contribution in [-0.2, 0) is 10.0 Å². The highest BCUT2D eigenvalue weighted by atomic mass is 32.2. The molecular weight excluding hydrogens is 437 g/mol. The molecule has 0 saturated heterocycles. The number of thiazole rings is 1. The van der Waals surface area contributed by atoms with Gasteiger partial charge in [0.2, 0.25) is 10.0 Å². The number of carbonyl (C=O) groups is 1. The summed E-state index contributed by atoms with van der Waals surface area (Å²) in [6.45, 7) is 3.98. The van der Waals surface area contributed by atoms with Crippen LogP contribution in [0.3, 0.4) is 0 Å². The van der Waals surface area contributed by atoms with E-state index in [4.69, 9.17) is 0 Å². The third-order valence-electron chi connectivity index (χ3n) is 5.03. The van der Waals surface area contributed by atoms with Gasteiger partial charge in [0, 0.05) is 18.5 Å². The van der Waals surface area contributed by atoms with Crippen molar-refractivity contribution in [1.29, 1.82) is 0 Å². The van der Waals surface area contributed by atoms with Crippen LogP contribution in [0.1, 0.15) is 24.2 Å². The number of halogens is 1. The number of aromatic nitrogens is 1. The summed E-state index contributed by atoms with van der Waals surface area (Å²) in [6, 6.07) is 14.9. The topological polar surface area (TPSA) is 79.4 Å². The Morgan fingerprint density at radius 2 is 1.84 bits per heavy atom. The first kappa shape index (κ1) is 21.4. The van der Waals surface area contributed by atoms with E-state index in [0.29, 0.717) is 5.13 Å². The minimum absolute atomic E-state index is 0.127. The zero-order valence-corrected chi connectivity index (χ0v) is 18.6. The van der Waals surface area contributed by atoms with Crippen molar-refractivity contribution >= 4 is 53.4 Å². The fourth-order valence-corrected chi connectivity index (χ4v) is 5.79. The molecule has 0 aliphatic heterocycles. The van der Waals surface area contributed by atoms with E-state index < -0.39 is 21.7 Å². The summed E-state index contributed by atoms with van der Waals surface area (Å²) >= 11 is 1.27. The molecular formula is C22H20FN3O3S2. The number of fused-ring (bicyclic) bond motifs is 3. The molecule has 0 atom stereocenters. The zero-order chi connectivity index (χ0) is 22.2. The van der Waals surface area contributed by atoms with Gasteiger partial charge in [0.1, 0.15) is 5.82 Å². The van der Waals surface area contributed by atoms with Crippen molar-refractivity contribution in [3.8, 4) is 0 Å². The van der Waals surface area contributed by atoms with Crippen LogP contribution in [-0.4, -0.2) is 36.7 Å². The number of carbonyl (C=O) groups excluding carboxylic acids is 1. The maximum absolute atomic E-state index is 14.4. The van der Waals surface area contributed by atoms with Crippen LogP contribution in [0.15, 0.2) is 59.5 Å². The van der Waals surface area contributed by atoms with Gasteiger partial charge in [-0.25, -0.2) is 17.8 Å². The molecule has 6 nitrogen and oxygen atoms in total. The quantitative estimate of drug-likeness (QED) is 0.448. The Kier molecular flexibility index (Phi) is 5.74. The Bertz CT molecular complexity index is 1400. The van der Waals surface area contributed by atoms with Crippen molar-refractivity contribution in [3.05, 3.63) is 66.0 Å². The van der Waals surface area contributed by atoms with Crippen LogP contribution in [0.5, 0.6) is 0 Å². The highest BCUT2D eigenvalue weighted by Crippen LogP contribution is 2.32. The highest BCUT2D eigenvalue weighted by molar-refractivity contribution is 7.89. The van der Waals surface area contributed by atoms with E-state index in [-0.39, 0.29) is 23.5 Å². The predicted octanol–water partition coefficient (Wildman–Crippen LogP) is 4.87. The van der Waals surface area contributed by atoms with Crippen molar-refractivity contribution in [1.82, 2.24) is 9.29 Å². The molecule has 9 heteroatoms. The first-order valence-corrected chi connectivity index (χ1v) is 12.0. The van der Waals surface area contributed by atoms with Crippen LogP contribution in [0.25, 0.3) is 21.0 Å². The molecule has 0 bridgehead atoms. The summed E-state index contributed by atoms with van der Waals surface area (Å²) in [5.41, 5.74) is 0.397. The number of hydrogen-bond donors (Lipinski definition) is 1. The summed E-state index contributed by atoms with van der Waals surface area (Å²) in [4.78, 5) is 17.1. The molecule has 1 N–H and O–H groups in total. The van der Waals surface area contributed by atoms with Gasteiger partial charge in [-0.1, -0.05) is 55.5 Å². The molecule has 0 unspecified atom stereocenters. The van der Waals surface area contributed by atoms with Crippen LogP contribution in [0, 0.1) is 5.82 Å². The lowest BCUT2D eigenvalue weighted by Crippen LogP contribution is -2.31. The van der Waals surface area contributed by atoms with Crippen molar-refractivity contribution in [2.24, 2.45) is 0 Å². The summed E-state index contributed by atoms with van der Waals surface area (Å²) in [5, 5.41) is 4.90. The first-order chi connectivity index (χ1) is 14.8. The number of hydrogen-bond acceptors (Lipinski definition) is 5. The van der Waals surface area contributed by atoms with Crippen LogP contribution < -0.4 is 5.32 Å². The van der Waals surface area contributed by atoms with Gasteiger partial charge in [0.15, 0.2) is 5.13 Å². The van der Waals surface area contributed by atoms with E-state index in [1.165, 1.54) is 21.7 Å². The highest BCUT2D eigenvalue weighted by Gasteiger charge is 2.24. The number of benzene rings is 3. The Morgan fingerprint density at radius 1 is 1.10 bits per heavy atom. The van der Waals surface area contributed by atoms with E-state index in [1.807, 2.05) is 36.4 Å². The van der Waals surface area contributed by atoms with Crippen molar-refractivity contribution in [2.75, 3.05) is 18.4 Å². The number of nitrogens with zero attached hydrogens (tertiary/aromatic N) is 2. The summed E-state index contributed by atoms with van der Waals surface area (Å²) in [7, 11) is -3.82. The fourth-order valence-electron chi connectivity index (χ4n) is 3.43. The van der Waals surface area contributed by atoms with E-state index in [2.05, 4.69) is 10.3 Å². The second-order valence-corrected chi connectivity index (χ2v) is 9.81. The van der Waals surface area contributed by atoms with Gasteiger partial charge in [-0.05, 0) is 29.7 Å². The zero-order valence-electron chi connectivity index (χ0n) is 16.9. The van der Waals surface area contributed by atoms with Gasteiger partial charge in [-0.15, -0.1) is 0 Å². The maximum atomic E-state index is 14.4. The van der Waals surface area contributed by atoms with Crippen LogP contribution >= 0.6 is 11.3 Å². The predicted molar refractivity (Wildman–Crippen MR) is 122 cm³/mol. The first-order valence-electron chi connectivity index (χ1n) is 9.74. The lowest BCUT2D eigenvalue weighted by Gasteiger charge is -2.18. The number of nitrogens with one attached hydrogen (secondary N) is 1. The molecule has 4 rings (SSSR count). The number of anilines is 1. The number of rotatable bonds is 6. The van der Waals surface area contributed by atoms with Crippen molar-refractivity contribution < 1.29 is 17.6 Å². The average Bonchev–Trinajstić information content (AvgIpc) is 3.17. The molecule has 0 saturated carbocycles. The largest absolute Gasteiger partial charge is 0.298 e. The third-order valence-corrected chi connectivity index (χ3v) is 8.01. The lowest BCUT2D eigenvalue weighted by molar-refractivity contribution is 0.102. The number of sulfonamides is 1. The summed E-state index contributed by atoms with van der Waals surface area (Å²) in [5.74, 6) is -1.56. The van der Waals surface area contributed by atoms with Gasteiger partial charge >= 0.3 is 0 Å². The Balaban J connectivity index is 1.68. The molecule has 31 heavy (non-hydrogen) atoms. The molecule has 4 aromatic rings. The monoisotopic (exact) mass is 457 g/mol. The van der Waals surface area contributed by atoms with Gasteiger partial charge in [-0.3, -0.25) is 10.1 Å². The SMILES string of the molecule is CCN(CC)S(=O)(=O)c1ccc(F)c(C(=O)Nc2nc3c(ccc4ccccc43)s2)c1. The molecule has 0 fully saturated rings. The lowest BCUT2D eigenvalue weighted by atomic mass is 10.1. The van der Waals surface area contributed by atoms with Crippen LogP contribution in [0.4, 0.5) is 9.52 Å². The van der Waals surface area contributed by atoms with E-state index in [1.54, 1.807) is 13.8 Å². The molecule has 0 spiro atoms. The molecule has 1 amide bonds. The fraction of sp³-hybridized carbons (Fsp3) is 0.182. The van der Waals surface area contributed by atoms with E-state index >= 15 is 0 Å². The van der Waals surface area contributed by atoms with Gasteiger partial charge in [0.05, 0.1) is 20.7 Å². The van der Waals surface area contributed by atoms with Crippen molar-refractivity contribution in [2.45, 2.75) is 18.7 Å². The van der Waals surface area contributed by atoms with Gasteiger partial charge < -0.3 is 0 Å². The molecule has 0 aliphatic carbocycles. The molecule has 1 aromatic heterocycles. The minimum atomic E-state index is -3.82. The van der Waals surface area contributed by atoms with E-state index in [0.717, 1.165) is 33.1 Å². The average molecular weight is 458 g/mol. The Labute approximate surface area is 183 Å². The van der Waals surface area contributed by atoms with Gasteiger partial charge in [0.25, 0.3) is 5.91 Å².